The summed E-state index contributed by atoms with van der Waals surface area (Å²) < 4.78 is 26.2. The molecule has 12 heavy (non-hydrogen) atoms. The molecule has 1 aromatic heterocycles. The second kappa shape index (κ2) is 3.96. The summed E-state index contributed by atoms with van der Waals surface area (Å²) in [6.07, 6.45) is 0. The van der Waals surface area contributed by atoms with Crippen molar-refractivity contribution < 1.29 is 8.78 Å². The summed E-state index contributed by atoms with van der Waals surface area (Å²) in [5.74, 6) is -2.72. The molecule has 0 amide bonds. The summed E-state index contributed by atoms with van der Waals surface area (Å²) in [5.41, 5.74) is 0. The lowest BCUT2D eigenvalue weighted by Gasteiger charge is -2.14. The number of likely N-dealkylation sites (N-methyl/N-ethyl adjacent to an activating group) is 1. The van der Waals surface area contributed by atoms with Gasteiger partial charge in [0.1, 0.15) is 0 Å². The van der Waals surface area contributed by atoms with Gasteiger partial charge in [-0.2, -0.15) is 8.78 Å². The number of rotatable bonds is 4. The van der Waals surface area contributed by atoms with Gasteiger partial charge in [-0.05, 0) is 18.0 Å². The molecular formula is C8H11F2NS. The molecule has 0 aliphatic heterocycles. The quantitative estimate of drug-likeness (QED) is 0.770. The molecule has 0 aromatic carbocycles. The molecule has 0 atom stereocenters. The van der Waals surface area contributed by atoms with Gasteiger partial charge in [-0.25, -0.2) is 0 Å². The van der Waals surface area contributed by atoms with Crippen LogP contribution in [0.1, 0.15) is 11.8 Å². The van der Waals surface area contributed by atoms with Gasteiger partial charge in [-0.1, -0.05) is 13.0 Å². The summed E-state index contributed by atoms with van der Waals surface area (Å²) in [6.45, 7) is 2.11. The fourth-order valence-electron chi connectivity index (χ4n) is 0.856. The highest BCUT2D eigenvalue weighted by Gasteiger charge is 2.31. The zero-order valence-electron chi connectivity index (χ0n) is 6.81. The Hall–Kier alpha value is -0.480. The van der Waals surface area contributed by atoms with E-state index in [1.54, 1.807) is 11.4 Å². The SMILES string of the molecule is CCNCC(F)(F)c1cccs1. The van der Waals surface area contributed by atoms with Gasteiger partial charge in [0.25, 0.3) is 5.92 Å². The Morgan fingerprint density at radius 1 is 1.58 bits per heavy atom. The first-order valence-electron chi connectivity index (χ1n) is 3.79. The van der Waals surface area contributed by atoms with Crippen molar-refractivity contribution in [2.75, 3.05) is 13.1 Å². The van der Waals surface area contributed by atoms with Crippen LogP contribution in [0.4, 0.5) is 8.78 Å². The lowest BCUT2D eigenvalue weighted by molar-refractivity contribution is 0.00125. The van der Waals surface area contributed by atoms with Crippen molar-refractivity contribution in [1.82, 2.24) is 5.32 Å². The molecule has 0 saturated carbocycles. The Kier molecular flexibility index (Phi) is 3.17. The van der Waals surface area contributed by atoms with Crippen molar-refractivity contribution >= 4 is 11.3 Å². The molecule has 0 fully saturated rings. The van der Waals surface area contributed by atoms with Crippen molar-refractivity contribution in [3.8, 4) is 0 Å². The van der Waals surface area contributed by atoms with E-state index in [1.807, 2.05) is 6.92 Å². The van der Waals surface area contributed by atoms with Crippen molar-refractivity contribution in [2.45, 2.75) is 12.8 Å². The third-order valence-electron chi connectivity index (χ3n) is 1.48. The van der Waals surface area contributed by atoms with E-state index >= 15 is 0 Å². The Balaban J connectivity index is 2.59. The summed E-state index contributed by atoms with van der Waals surface area (Å²) in [7, 11) is 0. The van der Waals surface area contributed by atoms with Crippen molar-refractivity contribution in [3.63, 3.8) is 0 Å². The smallest absolute Gasteiger partial charge is 0.294 e. The molecule has 0 radical (unpaired) electrons. The Morgan fingerprint density at radius 2 is 2.33 bits per heavy atom. The highest BCUT2D eigenvalue weighted by Crippen LogP contribution is 2.30. The van der Waals surface area contributed by atoms with E-state index in [1.165, 1.54) is 6.07 Å². The lowest BCUT2D eigenvalue weighted by atomic mass is 10.3. The number of hydrogen-bond acceptors (Lipinski definition) is 2. The summed E-state index contributed by atoms with van der Waals surface area (Å²) in [6, 6.07) is 3.10. The minimum atomic E-state index is -2.72. The Bertz CT molecular complexity index is 221. The van der Waals surface area contributed by atoms with Gasteiger partial charge in [-0.3, -0.25) is 0 Å². The molecule has 0 spiro atoms. The fourth-order valence-corrected chi connectivity index (χ4v) is 1.56. The maximum absolute atomic E-state index is 13.1. The molecule has 1 N–H and O–H groups in total. The predicted molar refractivity (Wildman–Crippen MR) is 46.8 cm³/mol. The van der Waals surface area contributed by atoms with E-state index in [9.17, 15) is 8.78 Å². The molecule has 1 heterocycles. The highest BCUT2D eigenvalue weighted by atomic mass is 32.1. The second-order valence-corrected chi connectivity index (χ2v) is 3.41. The lowest BCUT2D eigenvalue weighted by Crippen LogP contribution is -2.29. The maximum Gasteiger partial charge on any atom is 0.294 e. The fraction of sp³-hybridized carbons (Fsp3) is 0.500. The van der Waals surface area contributed by atoms with Crippen LogP contribution in [0, 0.1) is 0 Å². The average Bonchev–Trinajstić information content (AvgIpc) is 2.53. The highest BCUT2D eigenvalue weighted by molar-refractivity contribution is 7.10. The van der Waals surface area contributed by atoms with Crippen LogP contribution in [0.25, 0.3) is 0 Å². The van der Waals surface area contributed by atoms with Crippen molar-refractivity contribution in [2.24, 2.45) is 0 Å². The van der Waals surface area contributed by atoms with Crippen LogP contribution in [0.2, 0.25) is 0 Å². The number of alkyl halides is 2. The van der Waals surface area contributed by atoms with Crippen LogP contribution in [0.15, 0.2) is 17.5 Å². The first-order valence-corrected chi connectivity index (χ1v) is 4.67. The first-order chi connectivity index (χ1) is 5.67. The van der Waals surface area contributed by atoms with Crippen LogP contribution >= 0.6 is 11.3 Å². The van der Waals surface area contributed by atoms with E-state index < -0.39 is 5.92 Å². The third-order valence-corrected chi connectivity index (χ3v) is 2.46. The average molecular weight is 191 g/mol. The van der Waals surface area contributed by atoms with Crippen LogP contribution < -0.4 is 5.32 Å². The van der Waals surface area contributed by atoms with Crippen LogP contribution in [-0.4, -0.2) is 13.1 Å². The second-order valence-electron chi connectivity index (χ2n) is 2.46. The molecular weight excluding hydrogens is 180 g/mol. The topological polar surface area (TPSA) is 12.0 Å². The summed E-state index contributed by atoms with van der Waals surface area (Å²) in [5, 5.41) is 4.30. The standard InChI is InChI=1S/C8H11F2NS/c1-2-11-6-8(9,10)7-4-3-5-12-7/h3-5,11H,2,6H2,1H3. The molecule has 0 bridgehead atoms. The zero-order valence-corrected chi connectivity index (χ0v) is 7.63. The van der Waals surface area contributed by atoms with Gasteiger partial charge in [0.05, 0.1) is 11.4 Å². The number of halogens is 2. The monoisotopic (exact) mass is 191 g/mol. The van der Waals surface area contributed by atoms with E-state index in [-0.39, 0.29) is 11.4 Å². The van der Waals surface area contributed by atoms with Crippen LogP contribution in [0.3, 0.4) is 0 Å². The number of hydrogen-bond donors (Lipinski definition) is 1. The molecule has 0 unspecified atom stereocenters. The van der Waals surface area contributed by atoms with Crippen LogP contribution in [-0.2, 0) is 5.92 Å². The third kappa shape index (κ3) is 2.25. The Labute approximate surface area is 74.4 Å². The normalized spacial score (nSPS) is 11.9. The molecule has 68 valence electrons. The van der Waals surface area contributed by atoms with Gasteiger partial charge in [-0.15, -0.1) is 11.3 Å². The van der Waals surface area contributed by atoms with Gasteiger partial charge in [0.2, 0.25) is 0 Å². The number of thiophene rings is 1. The van der Waals surface area contributed by atoms with Gasteiger partial charge in [0, 0.05) is 0 Å². The molecule has 0 aliphatic rings. The summed E-state index contributed by atoms with van der Waals surface area (Å²) >= 11 is 1.09. The molecule has 1 rings (SSSR count). The van der Waals surface area contributed by atoms with E-state index in [4.69, 9.17) is 0 Å². The Morgan fingerprint density at radius 3 is 2.83 bits per heavy atom. The largest absolute Gasteiger partial charge is 0.311 e. The molecule has 4 heteroatoms. The van der Waals surface area contributed by atoms with Gasteiger partial charge < -0.3 is 5.32 Å². The summed E-state index contributed by atoms with van der Waals surface area (Å²) in [4.78, 5) is 0.128. The zero-order chi connectivity index (χ0) is 9.03. The molecule has 0 aliphatic carbocycles. The van der Waals surface area contributed by atoms with Gasteiger partial charge in [0.15, 0.2) is 0 Å². The van der Waals surface area contributed by atoms with E-state index in [0.29, 0.717) is 6.54 Å². The first kappa shape index (κ1) is 9.61. The number of nitrogens with one attached hydrogen (secondary N) is 1. The minimum absolute atomic E-state index is 0.128. The minimum Gasteiger partial charge on any atom is -0.311 e. The van der Waals surface area contributed by atoms with E-state index in [0.717, 1.165) is 11.3 Å². The van der Waals surface area contributed by atoms with Crippen LogP contribution in [0.5, 0.6) is 0 Å². The molecule has 1 nitrogen and oxygen atoms in total. The van der Waals surface area contributed by atoms with Crippen molar-refractivity contribution in [1.29, 1.82) is 0 Å². The predicted octanol–water partition coefficient (Wildman–Crippen LogP) is 2.45. The van der Waals surface area contributed by atoms with Crippen molar-refractivity contribution in [3.05, 3.63) is 22.4 Å². The van der Waals surface area contributed by atoms with E-state index in [2.05, 4.69) is 5.32 Å². The maximum atomic E-state index is 13.1. The molecule has 0 saturated heterocycles. The van der Waals surface area contributed by atoms with Gasteiger partial charge >= 0.3 is 0 Å². The molecule has 1 aromatic rings.